The zero-order valence-corrected chi connectivity index (χ0v) is 7.73. The molecule has 0 radical (unpaired) electrons. The smallest absolute Gasteiger partial charge is 0.118 e. The van der Waals surface area contributed by atoms with Gasteiger partial charge in [0.05, 0.1) is 7.11 Å². The van der Waals surface area contributed by atoms with E-state index >= 15 is 0 Å². The topological polar surface area (TPSA) is 55.5 Å². The van der Waals surface area contributed by atoms with Gasteiger partial charge in [-0.1, -0.05) is 12.1 Å². The van der Waals surface area contributed by atoms with E-state index in [1.54, 1.807) is 7.11 Å². The molecule has 0 aromatic heterocycles. The number of aliphatic hydroxyl groups excluding tert-OH is 1. The lowest BCUT2D eigenvalue weighted by atomic mass is 10.1. The molecule has 1 aromatic carbocycles. The van der Waals surface area contributed by atoms with Gasteiger partial charge in [-0.05, 0) is 24.1 Å². The normalized spacial score (nSPS) is 12.5. The first-order valence-corrected chi connectivity index (χ1v) is 4.28. The van der Waals surface area contributed by atoms with Crippen LogP contribution in [0.15, 0.2) is 24.3 Å². The van der Waals surface area contributed by atoms with Gasteiger partial charge in [-0.15, -0.1) is 0 Å². The molecule has 0 saturated carbocycles. The van der Waals surface area contributed by atoms with Crippen molar-refractivity contribution in [2.75, 3.05) is 13.7 Å². The lowest BCUT2D eigenvalue weighted by Gasteiger charge is -2.10. The van der Waals surface area contributed by atoms with E-state index in [-0.39, 0.29) is 12.6 Å². The summed E-state index contributed by atoms with van der Waals surface area (Å²) in [6.07, 6.45) is 0.590. The molecule has 1 aromatic rings. The van der Waals surface area contributed by atoms with Crippen molar-refractivity contribution in [1.29, 1.82) is 0 Å². The van der Waals surface area contributed by atoms with E-state index in [0.717, 1.165) is 11.3 Å². The maximum atomic E-state index is 8.69. The highest BCUT2D eigenvalue weighted by atomic mass is 16.5. The minimum atomic E-state index is -0.0871. The van der Waals surface area contributed by atoms with Crippen LogP contribution in [-0.2, 0) is 0 Å². The molecule has 0 saturated heterocycles. The number of rotatable bonds is 4. The zero-order valence-electron chi connectivity index (χ0n) is 7.73. The molecule has 13 heavy (non-hydrogen) atoms. The number of hydrogen-bond donors (Lipinski definition) is 2. The number of methoxy groups -OCH3 is 1. The van der Waals surface area contributed by atoms with Crippen molar-refractivity contribution in [3.63, 3.8) is 0 Å². The van der Waals surface area contributed by atoms with Crippen LogP contribution in [-0.4, -0.2) is 18.8 Å². The maximum Gasteiger partial charge on any atom is 0.118 e. The van der Waals surface area contributed by atoms with Gasteiger partial charge in [-0.3, -0.25) is 0 Å². The van der Waals surface area contributed by atoms with Gasteiger partial charge >= 0.3 is 0 Å². The van der Waals surface area contributed by atoms with Gasteiger partial charge < -0.3 is 15.6 Å². The largest absolute Gasteiger partial charge is 0.497 e. The van der Waals surface area contributed by atoms with Crippen molar-refractivity contribution >= 4 is 0 Å². The van der Waals surface area contributed by atoms with Crippen molar-refractivity contribution in [2.45, 2.75) is 12.5 Å². The predicted molar refractivity (Wildman–Crippen MR) is 51.6 cm³/mol. The van der Waals surface area contributed by atoms with Crippen LogP contribution in [0, 0.1) is 0 Å². The second-order valence-corrected chi connectivity index (χ2v) is 2.89. The molecule has 3 N–H and O–H groups in total. The first kappa shape index (κ1) is 10.0. The molecule has 3 nitrogen and oxygen atoms in total. The average molecular weight is 181 g/mol. The van der Waals surface area contributed by atoms with Crippen molar-refractivity contribution < 1.29 is 9.84 Å². The van der Waals surface area contributed by atoms with Crippen LogP contribution < -0.4 is 10.5 Å². The fraction of sp³-hybridized carbons (Fsp3) is 0.400. The Morgan fingerprint density at radius 1 is 1.38 bits per heavy atom. The molecule has 0 amide bonds. The summed E-state index contributed by atoms with van der Waals surface area (Å²) in [5.74, 6) is 0.819. The number of aliphatic hydroxyl groups is 1. The summed E-state index contributed by atoms with van der Waals surface area (Å²) < 4.78 is 5.02. The van der Waals surface area contributed by atoms with Gasteiger partial charge in [0.1, 0.15) is 5.75 Å². The molecule has 0 aliphatic rings. The van der Waals surface area contributed by atoms with Crippen molar-refractivity contribution in [3.05, 3.63) is 29.8 Å². The van der Waals surface area contributed by atoms with Crippen LogP contribution in [0.1, 0.15) is 18.0 Å². The number of nitrogens with two attached hydrogens (primary N) is 1. The summed E-state index contributed by atoms with van der Waals surface area (Å²) in [7, 11) is 1.63. The van der Waals surface area contributed by atoms with Gasteiger partial charge in [0.2, 0.25) is 0 Å². The Bertz CT molecular complexity index is 246. The molecule has 0 unspecified atom stereocenters. The number of ether oxygens (including phenoxy) is 1. The third-order valence-electron chi connectivity index (χ3n) is 1.98. The minimum Gasteiger partial charge on any atom is -0.497 e. The van der Waals surface area contributed by atoms with Gasteiger partial charge in [0, 0.05) is 12.6 Å². The third kappa shape index (κ3) is 2.72. The van der Waals surface area contributed by atoms with Gasteiger partial charge in [0.25, 0.3) is 0 Å². The van der Waals surface area contributed by atoms with E-state index in [1.165, 1.54) is 0 Å². The Morgan fingerprint density at radius 2 is 2.00 bits per heavy atom. The molecule has 0 bridgehead atoms. The van der Waals surface area contributed by atoms with Crippen LogP contribution in [0.4, 0.5) is 0 Å². The maximum absolute atomic E-state index is 8.69. The van der Waals surface area contributed by atoms with E-state index in [2.05, 4.69) is 0 Å². The molecular weight excluding hydrogens is 166 g/mol. The van der Waals surface area contributed by atoms with Gasteiger partial charge in [-0.25, -0.2) is 0 Å². The van der Waals surface area contributed by atoms with E-state index in [4.69, 9.17) is 15.6 Å². The molecule has 0 fully saturated rings. The lowest BCUT2D eigenvalue weighted by Crippen LogP contribution is -2.11. The molecule has 1 rings (SSSR count). The number of benzene rings is 1. The summed E-state index contributed by atoms with van der Waals surface area (Å²) >= 11 is 0. The highest BCUT2D eigenvalue weighted by Crippen LogP contribution is 2.17. The molecule has 1 atom stereocenters. The van der Waals surface area contributed by atoms with Gasteiger partial charge in [-0.2, -0.15) is 0 Å². The van der Waals surface area contributed by atoms with E-state index < -0.39 is 0 Å². The van der Waals surface area contributed by atoms with Crippen LogP contribution >= 0.6 is 0 Å². The van der Waals surface area contributed by atoms with E-state index in [1.807, 2.05) is 24.3 Å². The molecule has 0 heterocycles. The Labute approximate surface area is 78.1 Å². The fourth-order valence-corrected chi connectivity index (χ4v) is 1.16. The van der Waals surface area contributed by atoms with E-state index in [9.17, 15) is 0 Å². The average Bonchev–Trinajstić information content (AvgIpc) is 2.18. The third-order valence-corrected chi connectivity index (χ3v) is 1.98. The predicted octanol–water partition coefficient (Wildman–Crippen LogP) is 1.08. The molecule has 3 heteroatoms. The zero-order chi connectivity index (χ0) is 9.68. The summed E-state index contributed by atoms with van der Waals surface area (Å²) in [5, 5.41) is 8.69. The highest BCUT2D eigenvalue weighted by Gasteiger charge is 2.04. The van der Waals surface area contributed by atoms with Crippen LogP contribution in [0.3, 0.4) is 0 Å². The Kier molecular flexibility index (Phi) is 3.73. The highest BCUT2D eigenvalue weighted by molar-refractivity contribution is 5.28. The molecule has 0 aliphatic heterocycles. The van der Waals surface area contributed by atoms with Crippen LogP contribution in [0.5, 0.6) is 5.75 Å². The molecule has 72 valence electrons. The summed E-state index contributed by atoms with van der Waals surface area (Å²) in [6, 6.07) is 7.48. The Morgan fingerprint density at radius 3 is 2.46 bits per heavy atom. The Hall–Kier alpha value is -1.06. The second kappa shape index (κ2) is 4.84. The summed E-state index contributed by atoms with van der Waals surface area (Å²) in [6.45, 7) is 0.118. The van der Waals surface area contributed by atoms with Gasteiger partial charge in [0.15, 0.2) is 0 Å². The quantitative estimate of drug-likeness (QED) is 0.730. The lowest BCUT2D eigenvalue weighted by molar-refractivity contribution is 0.276. The van der Waals surface area contributed by atoms with Crippen molar-refractivity contribution in [2.24, 2.45) is 5.73 Å². The van der Waals surface area contributed by atoms with Crippen LogP contribution in [0.2, 0.25) is 0 Å². The van der Waals surface area contributed by atoms with Crippen molar-refractivity contribution in [3.8, 4) is 5.75 Å². The number of hydrogen-bond acceptors (Lipinski definition) is 3. The van der Waals surface area contributed by atoms with Crippen molar-refractivity contribution in [1.82, 2.24) is 0 Å². The van der Waals surface area contributed by atoms with E-state index in [0.29, 0.717) is 6.42 Å². The minimum absolute atomic E-state index is 0.0871. The molecular formula is C10H15NO2. The SMILES string of the molecule is COc1ccc([C@H](N)CCO)cc1. The van der Waals surface area contributed by atoms with Crippen LogP contribution in [0.25, 0.3) is 0 Å². The molecule has 0 aliphatic carbocycles. The molecule has 0 spiro atoms. The first-order chi connectivity index (χ1) is 6.27. The summed E-state index contributed by atoms with van der Waals surface area (Å²) in [5.41, 5.74) is 6.82. The fourth-order valence-electron chi connectivity index (χ4n) is 1.16. The standard InChI is InChI=1S/C10H15NO2/c1-13-9-4-2-8(3-5-9)10(11)6-7-12/h2-5,10,12H,6-7,11H2,1H3/t10-/m1/s1. The monoisotopic (exact) mass is 181 g/mol. The first-order valence-electron chi connectivity index (χ1n) is 4.28. The Balaban J connectivity index is 2.67. The second-order valence-electron chi connectivity index (χ2n) is 2.89. The summed E-state index contributed by atoms with van der Waals surface area (Å²) in [4.78, 5) is 0.